The second-order valence-corrected chi connectivity index (χ2v) is 5.37. The Labute approximate surface area is 149 Å². The van der Waals surface area contributed by atoms with Crippen molar-refractivity contribution in [1.29, 1.82) is 0 Å². The molecule has 0 aromatic heterocycles. The molecule has 136 valence electrons. The molecule has 0 bridgehead atoms. The van der Waals surface area contributed by atoms with E-state index in [-0.39, 0.29) is 18.1 Å². The lowest BCUT2D eigenvalue weighted by Gasteiger charge is -2.09. The number of nitro groups is 1. The molecule has 0 atom stereocenters. The number of rotatable bonds is 8. The molecular weight excluding hydrogens is 338 g/mol. The first-order chi connectivity index (χ1) is 12.5. The van der Waals surface area contributed by atoms with Gasteiger partial charge in [-0.3, -0.25) is 14.9 Å². The Kier molecular flexibility index (Phi) is 6.49. The number of para-hydroxylation sites is 2. The zero-order chi connectivity index (χ0) is 18.9. The van der Waals surface area contributed by atoms with E-state index in [1.165, 1.54) is 6.07 Å². The maximum atomic E-state index is 12.1. The zero-order valence-corrected chi connectivity index (χ0v) is 13.9. The van der Waals surface area contributed by atoms with Gasteiger partial charge in [-0.2, -0.15) is 0 Å². The predicted molar refractivity (Wildman–Crippen MR) is 96.8 cm³/mol. The first-order valence-corrected chi connectivity index (χ1v) is 7.85. The van der Waals surface area contributed by atoms with Gasteiger partial charge in [-0.25, -0.2) is 4.79 Å². The van der Waals surface area contributed by atoms with Crippen molar-refractivity contribution >= 4 is 23.3 Å². The highest BCUT2D eigenvalue weighted by Gasteiger charge is 2.11. The Morgan fingerprint density at radius 1 is 1.00 bits per heavy atom. The molecule has 2 rings (SSSR count). The van der Waals surface area contributed by atoms with E-state index >= 15 is 0 Å². The number of hydrogen-bond acceptors (Lipinski definition) is 5. The van der Waals surface area contributed by atoms with Crippen LogP contribution in [0.2, 0.25) is 0 Å². The third kappa shape index (κ3) is 5.48. The summed E-state index contributed by atoms with van der Waals surface area (Å²) in [6, 6.07) is 12.4. The number of primary amides is 1. The molecule has 0 saturated heterocycles. The molecule has 0 fully saturated rings. The van der Waals surface area contributed by atoms with Crippen LogP contribution in [0, 0.1) is 10.1 Å². The van der Waals surface area contributed by atoms with E-state index in [0.29, 0.717) is 24.3 Å². The summed E-state index contributed by atoms with van der Waals surface area (Å²) in [4.78, 5) is 33.2. The third-order valence-electron chi connectivity index (χ3n) is 3.51. The van der Waals surface area contributed by atoms with E-state index in [4.69, 9.17) is 5.73 Å². The van der Waals surface area contributed by atoms with E-state index in [0.717, 1.165) is 5.56 Å². The molecular formula is C17H19N5O4. The van der Waals surface area contributed by atoms with Crippen molar-refractivity contribution in [3.8, 4) is 0 Å². The smallest absolute Gasteiger partial charge is 0.312 e. The molecule has 9 nitrogen and oxygen atoms in total. The Morgan fingerprint density at radius 3 is 2.35 bits per heavy atom. The van der Waals surface area contributed by atoms with Crippen LogP contribution in [0.15, 0.2) is 48.5 Å². The van der Waals surface area contributed by atoms with Gasteiger partial charge in [-0.15, -0.1) is 0 Å². The number of nitrogens with two attached hydrogens (primary N) is 1. The summed E-state index contributed by atoms with van der Waals surface area (Å²) in [6.07, 6.45) is 0. The van der Waals surface area contributed by atoms with Gasteiger partial charge in [0, 0.05) is 31.3 Å². The average Bonchev–Trinajstić information content (AvgIpc) is 2.64. The Balaban J connectivity index is 1.80. The summed E-state index contributed by atoms with van der Waals surface area (Å²) in [5.74, 6) is -0.260. The molecule has 0 saturated carbocycles. The number of anilines is 1. The molecule has 3 amide bonds. The molecule has 5 N–H and O–H groups in total. The number of amides is 3. The summed E-state index contributed by atoms with van der Waals surface area (Å²) in [5.41, 5.74) is 6.67. The quantitative estimate of drug-likeness (QED) is 0.323. The maximum Gasteiger partial charge on any atom is 0.312 e. The van der Waals surface area contributed by atoms with E-state index in [9.17, 15) is 19.7 Å². The van der Waals surface area contributed by atoms with E-state index in [1.54, 1.807) is 42.5 Å². The highest BCUT2D eigenvalue weighted by atomic mass is 16.6. The lowest BCUT2D eigenvalue weighted by Crippen LogP contribution is -2.29. The second kappa shape index (κ2) is 9.02. The summed E-state index contributed by atoms with van der Waals surface area (Å²) in [5, 5.41) is 19.0. The molecule has 0 spiro atoms. The van der Waals surface area contributed by atoms with Crippen LogP contribution in [0.25, 0.3) is 0 Å². The third-order valence-corrected chi connectivity index (χ3v) is 3.51. The van der Waals surface area contributed by atoms with E-state index < -0.39 is 11.0 Å². The van der Waals surface area contributed by atoms with Crippen LogP contribution in [-0.2, 0) is 6.54 Å². The molecule has 0 heterocycles. The highest BCUT2D eigenvalue weighted by molar-refractivity contribution is 5.94. The number of nitro benzene ring substituents is 1. The fraction of sp³-hybridized carbons (Fsp3) is 0.176. The first-order valence-electron chi connectivity index (χ1n) is 7.85. The lowest BCUT2D eigenvalue weighted by atomic mass is 10.1. The van der Waals surface area contributed by atoms with Crippen molar-refractivity contribution in [2.45, 2.75) is 6.54 Å². The number of nitrogens with one attached hydrogen (secondary N) is 3. The molecule has 0 aliphatic carbocycles. The molecule has 0 aliphatic heterocycles. The van der Waals surface area contributed by atoms with Crippen LogP contribution in [0.4, 0.5) is 16.2 Å². The summed E-state index contributed by atoms with van der Waals surface area (Å²) in [6.45, 7) is 0.935. The fourth-order valence-corrected chi connectivity index (χ4v) is 2.22. The van der Waals surface area contributed by atoms with Gasteiger partial charge in [-0.1, -0.05) is 24.3 Å². The molecule has 26 heavy (non-hydrogen) atoms. The molecule has 0 unspecified atom stereocenters. The van der Waals surface area contributed by atoms with Crippen molar-refractivity contribution in [2.75, 3.05) is 18.4 Å². The standard InChI is InChI=1S/C17H19N5O4/c18-17(24)21-11-12-5-7-13(8-6-12)16(23)20-10-9-19-14-3-1-2-4-15(14)22(25)26/h1-8,19H,9-11H2,(H,20,23)(H3,18,21,24). The monoisotopic (exact) mass is 357 g/mol. The van der Waals surface area contributed by atoms with Gasteiger partial charge in [0.15, 0.2) is 0 Å². The minimum atomic E-state index is -0.613. The number of hydrogen-bond donors (Lipinski definition) is 4. The van der Waals surface area contributed by atoms with Crippen molar-refractivity contribution in [1.82, 2.24) is 10.6 Å². The number of nitrogens with zero attached hydrogens (tertiary/aromatic N) is 1. The average molecular weight is 357 g/mol. The van der Waals surface area contributed by atoms with Gasteiger partial charge in [0.25, 0.3) is 11.6 Å². The predicted octanol–water partition coefficient (Wildman–Crippen LogP) is 1.60. The normalized spacial score (nSPS) is 10.0. The Hall–Kier alpha value is -3.62. The zero-order valence-electron chi connectivity index (χ0n) is 13.9. The molecule has 2 aromatic rings. The molecule has 2 aromatic carbocycles. The van der Waals surface area contributed by atoms with Gasteiger partial charge in [0.05, 0.1) is 4.92 Å². The van der Waals surface area contributed by atoms with Crippen molar-refractivity contribution in [3.05, 3.63) is 69.8 Å². The van der Waals surface area contributed by atoms with Crippen molar-refractivity contribution in [3.63, 3.8) is 0 Å². The number of carbonyl (C=O) groups excluding carboxylic acids is 2. The van der Waals surface area contributed by atoms with Crippen LogP contribution < -0.4 is 21.7 Å². The number of carbonyl (C=O) groups is 2. The van der Waals surface area contributed by atoms with Crippen molar-refractivity contribution in [2.24, 2.45) is 5.73 Å². The van der Waals surface area contributed by atoms with Gasteiger partial charge in [-0.05, 0) is 23.8 Å². The topological polar surface area (TPSA) is 139 Å². The van der Waals surface area contributed by atoms with Crippen LogP contribution in [0.5, 0.6) is 0 Å². The van der Waals surface area contributed by atoms with E-state index in [1.807, 2.05) is 0 Å². The van der Waals surface area contributed by atoms with Crippen molar-refractivity contribution < 1.29 is 14.5 Å². The van der Waals surface area contributed by atoms with Gasteiger partial charge < -0.3 is 21.7 Å². The fourth-order valence-electron chi connectivity index (χ4n) is 2.22. The highest BCUT2D eigenvalue weighted by Crippen LogP contribution is 2.22. The van der Waals surface area contributed by atoms with Crippen LogP contribution >= 0.6 is 0 Å². The van der Waals surface area contributed by atoms with Gasteiger partial charge >= 0.3 is 6.03 Å². The SMILES string of the molecule is NC(=O)NCc1ccc(C(=O)NCCNc2ccccc2[N+](=O)[O-])cc1. The summed E-state index contributed by atoms with van der Waals surface area (Å²) < 4.78 is 0. The first kappa shape index (κ1) is 18.7. The van der Waals surface area contributed by atoms with E-state index in [2.05, 4.69) is 16.0 Å². The van der Waals surface area contributed by atoms with Crippen LogP contribution in [-0.4, -0.2) is 30.0 Å². The number of urea groups is 1. The molecule has 0 radical (unpaired) electrons. The Bertz CT molecular complexity index is 792. The van der Waals surface area contributed by atoms with Gasteiger partial charge in [0.1, 0.15) is 5.69 Å². The second-order valence-electron chi connectivity index (χ2n) is 5.37. The summed E-state index contributed by atoms with van der Waals surface area (Å²) in [7, 11) is 0. The minimum Gasteiger partial charge on any atom is -0.378 e. The summed E-state index contributed by atoms with van der Waals surface area (Å²) >= 11 is 0. The lowest BCUT2D eigenvalue weighted by molar-refractivity contribution is -0.384. The van der Waals surface area contributed by atoms with Gasteiger partial charge in [0.2, 0.25) is 0 Å². The maximum absolute atomic E-state index is 12.1. The largest absolute Gasteiger partial charge is 0.378 e. The Morgan fingerprint density at radius 2 is 1.69 bits per heavy atom. The molecule has 0 aliphatic rings. The van der Waals surface area contributed by atoms with Crippen LogP contribution in [0.3, 0.4) is 0 Å². The minimum absolute atomic E-state index is 0.0148. The van der Waals surface area contributed by atoms with Crippen LogP contribution in [0.1, 0.15) is 15.9 Å². The molecule has 9 heteroatoms. The number of benzene rings is 2.